The molecule has 2 saturated heterocycles. The first-order valence-corrected chi connectivity index (χ1v) is 12.9. The second-order valence-corrected chi connectivity index (χ2v) is 11.0. The van der Waals surface area contributed by atoms with Crippen molar-refractivity contribution in [3.05, 3.63) is 29.8 Å². The van der Waals surface area contributed by atoms with Gasteiger partial charge in [0.25, 0.3) is 5.91 Å². The Balaban J connectivity index is 1.69. The van der Waals surface area contributed by atoms with Crippen LogP contribution < -0.4 is 5.32 Å². The van der Waals surface area contributed by atoms with E-state index in [2.05, 4.69) is 24.1 Å². The third kappa shape index (κ3) is 6.28. The summed E-state index contributed by atoms with van der Waals surface area (Å²) < 4.78 is 33.3. The molecule has 1 aromatic rings. The summed E-state index contributed by atoms with van der Waals surface area (Å²) in [5.41, 5.74) is 0.385. The van der Waals surface area contributed by atoms with Crippen LogP contribution in [-0.4, -0.2) is 75.0 Å². The van der Waals surface area contributed by atoms with E-state index in [9.17, 15) is 13.2 Å². The minimum atomic E-state index is -3.60. The Kier molecular flexibility index (Phi) is 8.50. The fourth-order valence-corrected chi connectivity index (χ4v) is 6.27. The zero-order valence-corrected chi connectivity index (χ0v) is 19.9. The van der Waals surface area contributed by atoms with Crippen LogP contribution >= 0.6 is 0 Å². The molecule has 0 saturated carbocycles. The van der Waals surface area contributed by atoms with Gasteiger partial charge >= 0.3 is 0 Å². The topological polar surface area (TPSA) is 79.0 Å². The molecular formula is C23H37N3O4S. The number of carbonyl (C=O) groups excluding carboxylic acids is 1. The Bertz CT molecular complexity index is 837. The van der Waals surface area contributed by atoms with Crippen LogP contribution in [0.3, 0.4) is 0 Å². The van der Waals surface area contributed by atoms with Gasteiger partial charge in [-0.1, -0.05) is 26.3 Å². The van der Waals surface area contributed by atoms with Crippen LogP contribution in [0.4, 0.5) is 0 Å². The summed E-state index contributed by atoms with van der Waals surface area (Å²) in [6.45, 7) is 10.6. The van der Waals surface area contributed by atoms with E-state index in [4.69, 9.17) is 4.74 Å². The summed E-state index contributed by atoms with van der Waals surface area (Å²) in [7, 11) is -3.60. The normalized spacial score (nSPS) is 22.4. The van der Waals surface area contributed by atoms with Crippen molar-refractivity contribution in [3.8, 4) is 0 Å². The Morgan fingerprint density at radius 2 is 1.94 bits per heavy atom. The van der Waals surface area contributed by atoms with Crippen LogP contribution in [0.15, 0.2) is 29.2 Å². The van der Waals surface area contributed by atoms with Gasteiger partial charge in [0, 0.05) is 43.8 Å². The number of nitrogens with one attached hydrogen (secondary N) is 1. The Hall–Kier alpha value is -1.48. The maximum atomic E-state index is 13.1. The first kappa shape index (κ1) is 24.2. The van der Waals surface area contributed by atoms with E-state index in [1.165, 1.54) is 6.07 Å². The van der Waals surface area contributed by atoms with E-state index >= 15 is 0 Å². The molecule has 7 nitrogen and oxygen atoms in total. The van der Waals surface area contributed by atoms with Crippen LogP contribution in [0.5, 0.6) is 0 Å². The Morgan fingerprint density at radius 3 is 2.61 bits per heavy atom. The molecule has 2 unspecified atom stereocenters. The number of piperidine rings is 1. The van der Waals surface area contributed by atoms with Crippen LogP contribution in [0.2, 0.25) is 0 Å². The standard InChI is InChI=1S/C23H37N3O4S/c1-18(2)15-21(25-11-13-30-14-12-25)17-24-23(27)20-8-6-9-22(16-20)31(28,29)26-10-5-4-7-19(26)3/h6,8-9,16,18-19,21H,4-5,7,10-15,17H2,1-3H3,(H,24,27). The summed E-state index contributed by atoms with van der Waals surface area (Å²) in [6, 6.07) is 6.67. The molecule has 1 amide bonds. The van der Waals surface area contributed by atoms with Crippen molar-refractivity contribution >= 4 is 15.9 Å². The molecule has 0 bridgehead atoms. The molecular weight excluding hydrogens is 414 g/mol. The second kappa shape index (κ2) is 10.9. The van der Waals surface area contributed by atoms with Gasteiger partial charge in [0.1, 0.15) is 0 Å². The number of amides is 1. The molecule has 0 radical (unpaired) electrons. The first-order valence-electron chi connectivity index (χ1n) is 11.5. The fourth-order valence-electron chi connectivity index (χ4n) is 4.52. The van der Waals surface area contributed by atoms with Crippen LogP contribution in [-0.2, 0) is 14.8 Å². The number of hydrogen-bond donors (Lipinski definition) is 1. The van der Waals surface area contributed by atoms with Crippen molar-refractivity contribution in [3.63, 3.8) is 0 Å². The minimum absolute atomic E-state index is 0.0125. The zero-order chi connectivity index (χ0) is 22.4. The van der Waals surface area contributed by atoms with Crippen molar-refractivity contribution in [1.82, 2.24) is 14.5 Å². The maximum Gasteiger partial charge on any atom is 0.251 e. The van der Waals surface area contributed by atoms with Crippen LogP contribution in [0.1, 0.15) is 56.8 Å². The number of sulfonamides is 1. The van der Waals surface area contributed by atoms with Crippen molar-refractivity contribution in [1.29, 1.82) is 0 Å². The molecule has 8 heteroatoms. The molecule has 0 aliphatic carbocycles. The predicted octanol–water partition coefficient (Wildman–Crippen LogP) is 2.73. The van der Waals surface area contributed by atoms with Gasteiger partial charge in [-0.3, -0.25) is 9.69 Å². The van der Waals surface area contributed by atoms with E-state index in [-0.39, 0.29) is 22.9 Å². The number of hydrogen-bond acceptors (Lipinski definition) is 5. The van der Waals surface area contributed by atoms with Gasteiger partial charge in [-0.2, -0.15) is 4.31 Å². The summed E-state index contributed by atoms with van der Waals surface area (Å²) >= 11 is 0. The SMILES string of the molecule is CC(C)CC(CNC(=O)c1cccc(S(=O)(=O)N2CCCCC2C)c1)N1CCOCC1. The molecule has 1 N–H and O–H groups in total. The number of ether oxygens (including phenoxy) is 1. The first-order chi connectivity index (χ1) is 14.8. The molecule has 2 aliphatic heterocycles. The smallest absolute Gasteiger partial charge is 0.251 e. The molecule has 31 heavy (non-hydrogen) atoms. The molecule has 2 fully saturated rings. The van der Waals surface area contributed by atoms with Crippen molar-refractivity contribution in [2.45, 2.75) is 63.4 Å². The third-order valence-electron chi connectivity index (χ3n) is 6.25. The number of morpholine rings is 1. The Labute approximate surface area is 187 Å². The number of nitrogens with zero attached hydrogens (tertiary/aromatic N) is 2. The number of benzene rings is 1. The Morgan fingerprint density at radius 1 is 1.19 bits per heavy atom. The van der Waals surface area contributed by atoms with Gasteiger partial charge in [-0.05, 0) is 50.3 Å². The fraction of sp³-hybridized carbons (Fsp3) is 0.696. The van der Waals surface area contributed by atoms with Crippen molar-refractivity contribution in [2.24, 2.45) is 5.92 Å². The minimum Gasteiger partial charge on any atom is -0.379 e. The molecule has 1 aromatic carbocycles. The van der Waals surface area contributed by atoms with Crippen molar-refractivity contribution in [2.75, 3.05) is 39.4 Å². The van der Waals surface area contributed by atoms with Gasteiger partial charge in [-0.15, -0.1) is 0 Å². The lowest BCUT2D eigenvalue weighted by molar-refractivity contribution is 0.0124. The summed E-state index contributed by atoms with van der Waals surface area (Å²) in [5.74, 6) is 0.288. The van der Waals surface area contributed by atoms with Gasteiger partial charge in [0.15, 0.2) is 0 Å². The molecule has 2 heterocycles. The number of rotatable bonds is 8. The van der Waals surface area contributed by atoms with E-state index in [0.717, 1.165) is 52.0 Å². The summed E-state index contributed by atoms with van der Waals surface area (Å²) in [4.78, 5) is 15.4. The monoisotopic (exact) mass is 451 g/mol. The van der Waals surface area contributed by atoms with E-state index in [0.29, 0.717) is 24.6 Å². The van der Waals surface area contributed by atoms with E-state index < -0.39 is 10.0 Å². The van der Waals surface area contributed by atoms with Crippen molar-refractivity contribution < 1.29 is 17.9 Å². The van der Waals surface area contributed by atoms with Gasteiger partial charge in [0.05, 0.1) is 18.1 Å². The van der Waals surface area contributed by atoms with E-state index in [1.54, 1.807) is 22.5 Å². The lowest BCUT2D eigenvalue weighted by Gasteiger charge is -2.35. The lowest BCUT2D eigenvalue weighted by Crippen LogP contribution is -2.49. The van der Waals surface area contributed by atoms with Gasteiger partial charge < -0.3 is 10.1 Å². The molecule has 3 rings (SSSR count). The average Bonchev–Trinajstić information content (AvgIpc) is 2.77. The maximum absolute atomic E-state index is 13.1. The predicted molar refractivity (Wildman–Crippen MR) is 122 cm³/mol. The second-order valence-electron chi connectivity index (χ2n) is 9.13. The quantitative estimate of drug-likeness (QED) is 0.658. The van der Waals surface area contributed by atoms with Gasteiger partial charge in [0.2, 0.25) is 10.0 Å². The molecule has 2 atom stereocenters. The highest BCUT2D eigenvalue weighted by Gasteiger charge is 2.31. The summed E-state index contributed by atoms with van der Waals surface area (Å²) in [6.07, 6.45) is 3.79. The highest BCUT2D eigenvalue weighted by atomic mass is 32.2. The molecule has 174 valence electrons. The van der Waals surface area contributed by atoms with E-state index in [1.807, 2.05) is 6.92 Å². The summed E-state index contributed by atoms with van der Waals surface area (Å²) in [5, 5.41) is 3.04. The largest absolute Gasteiger partial charge is 0.379 e. The highest BCUT2D eigenvalue weighted by molar-refractivity contribution is 7.89. The third-order valence-corrected chi connectivity index (χ3v) is 8.26. The van der Waals surface area contributed by atoms with Gasteiger partial charge in [-0.25, -0.2) is 8.42 Å². The van der Waals surface area contributed by atoms with Crippen LogP contribution in [0, 0.1) is 5.92 Å². The zero-order valence-electron chi connectivity index (χ0n) is 19.0. The highest BCUT2D eigenvalue weighted by Crippen LogP contribution is 2.25. The van der Waals surface area contributed by atoms with Crippen LogP contribution in [0.25, 0.3) is 0 Å². The number of carbonyl (C=O) groups is 1. The molecule has 0 aromatic heterocycles. The molecule has 0 spiro atoms. The lowest BCUT2D eigenvalue weighted by atomic mass is 10.0. The molecule has 2 aliphatic rings. The average molecular weight is 452 g/mol.